The molecule has 55 heavy (non-hydrogen) atoms. The minimum atomic E-state index is -0.854. The molecule has 8 rings (SSSR count). The zero-order chi connectivity index (χ0) is 37.9. The highest BCUT2D eigenvalue weighted by Gasteiger charge is 2.26. The highest BCUT2D eigenvalue weighted by atomic mass is 19.1. The summed E-state index contributed by atoms with van der Waals surface area (Å²) in [5.41, 5.74) is 5.14. The number of likely N-dealkylation sites (N-methyl/N-ethyl adjacent to an activating group) is 1. The zero-order valence-corrected chi connectivity index (χ0v) is 31.0. The number of halogens is 2. The molecule has 3 N–H and O–H groups in total. The van der Waals surface area contributed by atoms with Gasteiger partial charge in [-0.25, -0.2) is 18.8 Å². The van der Waals surface area contributed by atoms with Crippen molar-refractivity contribution in [2.24, 2.45) is 10.9 Å². The Kier molecular flexibility index (Phi) is 10.5. The number of amides is 1. The number of nitrogens with zero attached hydrogens (tertiary/aromatic N) is 6. The lowest BCUT2D eigenvalue weighted by molar-refractivity contribution is 0.102. The van der Waals surface area contributed by atoms with Gasteiger partial charge in [0.05, 0.1) is 29.9 Å². The molecular weight excluding hydrogens is 701 g/mol. The molecule has 5 aromatic rings. The van der Waals surface area contributed by atoms with Crippen molar-refractivity contribution >= 4 is 40.5 Å². The number of ether oxygens (including phenoxy) is 1. The quantitative estimate of drug-likeness (QED) is 0.151. The summed E-state index contributed by atoms with van der Waals surface area (Å²) in [6.07, 6.45) is 7.38. The van der Waals surface area contributed by atoms with Gasteiger partial charge in [-0.3, -0.25) is 9.20 Å². The molecule has 0 aliphatic carbocycles. The van der Waals surface area contributed by atoms with Crippen LogP contribution in [0.4, 0.5) is 25.8 Å². The predicted molar refractivity (Wildman–Crippen MR) is 214 cm³/mol. The molecule has 284 valence electrons. The predicted octanol–water partition coefficient (Wildman–Crippen LogP) is 6.41. The summed E-state index contributed by atoms with van der Waals surface area (Å²) >= 11 is 0. The summed E-state index contributed by atoms with van der Waals surface area (Å²) in [6, 6.07) is 22.3. The molecule has 13 heteroatoms. The molecule has 5 heterocycles. The number of imidazole rings is 1. The summed E-state index contributed by atoms with van der Waals surface area (Å²) in [6.45, 7) is 7.88. The van der Waals surface area contributed by atoms with Crippen LogP contribution in [0.1, 0.15) is 28.9 Å². The van der Waals surface area contributed by atoms with Gasteiger partial charge in [0.15, 0.2) is 6.29 Å². The number of piperidine rings is 1. The number of carbonyl (C=O) groups is 1. The topological polar surface area (TPSA) is 102 Å². The van der Waals surface area contributed by atoms with Gasteiger partial charge in [-0.2, -0.15) is 0 Å². The van der Waals surface area contributed by atoms with Crippen molar-refractivity contribution in [2.45, 2.75) is 19.1 Å². The second kappa shape index (κ2) is 15.9. The molecule has 11 nitrogen and oxygen atoms in total. The number of methoxy groups -OCH3 is 1. The molecule has 1 unspecified atom stereocenters. The molecule has 0 bridgehead atoms. The Bertz CT molecular complexity index is 2220. The fraction of sp³-hybridized carbons (Fsp3) is 0.310. The van der Waals surface area contributed by atoms with Crippen LogP contribution in [0.2, 0.25) is 0 Å². The van der Waals surface area contributed by atoms with E-state index in [1.807, 2.05) is 47.0 Å². The number of allylic oxidation sites excluding steroid dienone is 1. The van der Waals surface area contributed by atoms with Crippen LogP contribution in [0, 0.1) is 17.6 Å². The Hall–Kier alpha value is -5.79. The largest absolute Gasteiger partial charge is 0.495 e. The van der Waals surface area contributed by atoms with E-state index in [0.29, 0.717) is 16.9 Å². The van der Waals surface area contributed by atoms with E-state index < -0.39 is 29.5 Å². The lowest BCUT2D eigenvalue weighted by atomic mass is 9.95. The van der Waals surface area contributed by atoms with Crippen molar-refractivity contribution in [1.82, 2.24) is 24.5 Å². The summed E-state index contributed by atoms with van der Waals surface area (Å²) in [7, 11) is 3.89. The monoisotopic (exact) mass is 745 g/mol. The molecule has 2 saturated heterocycles. The lowest BCUT2D eigenvalue weighted by Crippen LogP contribution is -2.47. The summed E-state index contributed by atoms with van der Waals surface area (Å²) in [5, 5.41) is 9.39. The number of anilines is 3. The maximum atomic E-state index is 14.3. The van der Waals surface area contributed by atoms with E-state index >= 15 is 0 Å². The van der Waals surface area contributed by atoms with Gasteiger partial charge in [0, 0.05) is 81.1 Å². The highest BCUT2D eigenvalue weighted by Crippen LogP contribution is 2.34. The van der Waals surface area contributed by atoms with Crippen molar-refractivity contribution in [3.63, 3.8) is 0 Å². The number of fused-ring (bicyclic) bond motifs is 1. The van der Waals surface area contributed by atoms with E-state index in [9.17, 15) is 13.6 Å². The third kappa shape index (κ3) is 7.89. The van der Waals surface area contributed by atoms with Crippen LogP contribution in [0.25, 0.3) is 22.6 Å². The molecule has 3 aliphatic rings. The van der Waals surface area contributed by atoms with Gasteiger partial charge in [0.1, 0.15) is 28.7 Å². The van der Waals surface area contributed by atoms with Crippen LogP contribution in [0.15, 0.2) is 96.1 Å². The number of aliphatic imine (C=N–C) groups is 1. The van der Waals surface area contributed by atoms with Gasteiger partial charge in [-0.15, -0.1) is 0 Å². The first kappa shape index (κ1) is 36.2. The average Bonchev–Trinajstić information content (AvgIpc) is 3.61. The van der Waals surface area contributed by atoms with Gasteiger partial charge in [-0.1, -0.05) is 24.3 Å². The smallest absolute Gasteiger partial charge is 0.255 e. The molecule has 2 fully saturated rings. The molecule has 3 aliphatic heterocycles. The number of carbonyl (C=O) groups excluding carboxylic acids is 1. The summed E-state index contributed by atoms with van der Waals surface area (Å²) < 4.78 is 36.5. The van der Waals surface area contributed by atoms with Crippen molar-refractivity contribution in [3.05, 3.63) is 114 Å². The minimum absolute atomic E-state index is 0.223. The number of aromatic nitrogens is 2. The number of para-hydroxylation sites is 1. The van der Waals surface area contributed by atoms with Crippen molar-refractivity contribution in [2.75, 3.05) is 75.5 Å². The minimum Gasteiger partial charge on any atom is -0.495 e. The molecular formula is C42H45F2N9O2. The number of hydrogen-bond acceptors (Lipinski definition) is 9. The maximum Gasteiger partial charge on any atom is 0.255 e. The Morgan fingerprint density at radius 1 is 0.927 bits per heavy atom. The second-order valence-corrected chi connectivity index (χ2v) is 14.4. The van der Waals surface area contributed by atoms with E-state index in [4.69, 9.17) is 9.72 Å². The first-order chi connectivity index (χ1) is 26.8. The zero-order valence-electron chi connectivity index (χ0n) is 31.0. The molecule has 3 aromatic carbocycles. The molecule has 1 atom stereocenters. The highest BCUT2D eigenvalue weighted by molar-refractivity contribution is 6.05. The van der Waals surface area contributed by atoms with E-state index in [1.54, 1.807) is 31.5 Å². The fourth-order valence-electron chi connectivity index (χ4n) is 7.63. The van der Waals surface area contributed by atoms with Crippen molar-refractivity contribution < 1.29 is 18.3 Å². The van der Waals surface area contributed by atoms with Crippen LogP contribution >= 0.6 is 0 Å². The average molecular weight is 746 g/mol. The van der Waals surface area contributed by atoms with Crippen LogP contribution in [-0.4, -0.2) is 97.6 Å². The Morgan fingerprint density at radius 2 is 1.71 bits per heavy atom. The number of rotatable bonds is 10. The second-order valence-electron chi connectivity index (χ2n) is 14.4. The fourth-order valence-corrected chi connectivity index (χ4v) is 7.63. The third-order valence-corrected chi connectivity index (χ3v) is 10.7. The first-order valence-corrected chi connectivity index (χ1v) is 18.8. The molecule has 2 aromatic heterocycles. The lowest BCUT2D eigenvalue weighted by Gasteiger charge is -2.38. The normalized spacial score (nSPS) is 18.2. The van der Waals surface area contributed by atoms with Gasteiger partial charge < -0.3 is 35.4 Å². The van der Waals surface area contributed by atoms with Gasteiger partial charge in [-0.05, 0) is 80.4 Å². The third-order valence-electron chi connectivity index (χ3n) is 10.7. The molecule has 1 amide bonds. The van der Waals surface area contributed by atoms with E-state index in [2.05, 4.69) is 54.8 Å². The van der Waals surface area contributed by atoms with Crippen LogP contribution < -0.4 is 25.6 Å². The van der Waals surface area contributed by atoms with E-state index in [-0.39, 0.29) is 5.56 Å². The Morgan fingerprint density at radius 3 is 2.49 bits per heavy atom. The summed E-state index contributed by atoms with van der Waals surface area (Å²) in [5.74, 6) is -0.895. The first-order valence-electron chi connectivity index (χ1n) is 18.8. The van der Waals surface area contributed by atoms with Crippen molar-refractivity contribution in [1.29, 1.82) is 0 Å². The standard InChI is InChI=1S/C42H45F2N9O2/c1-50-21-23-51(24-22-50)27-28-15-19-52(20-16-28)31-12-13-34(36(26-31)55-2)46-42-45-17-14-35(47-42)40-38(48-37-11-3-4-18-53(37)40)29-7-5-8-30(25-29)41(54)49-39-32(43)9-6-10-33(39)44/h3-14,17-18,25-26,28,42,46-47H,15-16,19-24,27H2,1-2H3,(H,49,54). The van der Waals surface area contributed by atoms with Crippen LogP contribution in [-0.2, 0) is 0 Å². The van der Waals surface area contributed by atoms with E-state index in [1.165, 1.54) is 25.5 Å². The number of piperazine rings is 1. The summed E-state index contributed by atoms with van der Waals surface area (Å²) in [4.78, 5) is 30.3. The Labute approximate surface area is 319 Å². The van der Waals surface area contributed by atoms with Gasteiger partial charge in [0.25, 0.3) is 5.91 Å². The number of nitrogens with one attached hydrogen (secondary N) is 3. The van der Waals surface area contributed by atoms with Crippen LogP contribution in [0.3, 0.4) is 0 Å². The number of benzene rings is 3. The number of hydrogen-bond donors (Lipinski definition) is 3. The van der Waals surface area contributed by atoms with Gasteiger partial charge in [0.2, 0.25) is 0 Å². The van der Waals surface area contributed by atoms with Crippen LogP contribution in [0.5, 0.6) is 5.75 Å². The van der Waals surface area contributed by atoms with Gasteiger partial charge >= 0.3 is 0 Å². The molecule has 0 radical (unpaired) electrons. The van der Waals surface area contributed by atoms with Crippen molar-refractivity contribution in [3.8, 4) is 17.0 Å². The van der Waals surface area contributed by atoms with E-state index in [0.717, 1.165) is 85.8 Å². The Balaban J connectivity index is 0.973. The number of pyridine rings is 1. The SMILES string of the molecule is COc1cc(N2CCC(CN3CCN(C)CC3)CC2)ccc1NC1N=CC=C(c2c(-c3cccc(C(=O)Nc4c(F)cccc4F)c3)nc3ccccn23)N1. The molecule has 0 saturated carbocycles. The molecule has 0 spiro atoms. The maximum absolute atomic E-state index is 14.3.